The minimum Gasteiger partial charge on any atom is -0.484 e. The van der Waals surface area contributed by atoms with Gasteiger partial charge in [0.05, 0.1) is 11.0 Å². The Bertz CT molecular complexity index is 491. The Morgan fingerprint density at radius 3 is 2.90 bits per heavy atom. The predicted octanol–water partition coefficient (Wildman–Crippen LogP) is 2.31. The maximum Gasteiger partial charge on any atom is 0.333 e. The van der Waals surface area contributed by atoms with Gasteiger partial charge in [-0.2, -0.15) is 0 Å². The van der Waals surface area contributed by atoms with Crippen molar-refractivity contribution in [2.24, 2.45) is 5.73 Å². The molecule has 1 aliphatic heterocycles. The van der Waals surface area contributed by atoms with Crippen molar-refractivity contribution in [1.29, 1.82) is 0 Å². The van der Waals surface area contributed by atoms with Crippen LogP contribution in [0.5, 0.6) is 5.75 Å². The lowest BCUT2D eigenvalue weighted by Gasteiger charge is -2.26. The Kier molecular flexibility index (Phi) is 4.44. The molecule has 0 aliphatic carbocycles. The number of nitro groups is 1. The van der Waals surface area contributed by atoms with Gasteiger partial charge in [-0.25, -0.2) is 0 Å². The van der Waals surface area contributed by atoms with Gasteiger partial charge in [-0.15, -0.1) is 0 Å². The summed E-state index contributed by atoms with van der Waals surface area (Å²) in [5.41, 5.74) is 6.42. The van der Waals surface area contributed by atoms with Gasteiger partial charge in [-0.3, -0.25) is 10.1 Å². The van der Waals surface area contributed by atoms with E-state index in [9.17, 15) is 10.1 Å². The van der Waals surface area contributed by atoms with Crippen molar-refractivity contribution >= 4 is 11.4 Å². The number of nitro benzene ring substituents is 1. The van der Waals surface area contributed by atoms with Gasteiger partial charge >= 0.3 is 5.69 Å². The van der Waals surface area contributed by atoms with Gasteiger partial charge in [0.2, 0.25) is 0 Å². The average Bonchev–Trinajstić information content (AvgIpc) is 2.85. The number of nitrogens with two attached hydrogens (primary N) is 1. The lowest BCUT2D eigenvalue weighted by atomic mass is 10.2. The number of rotatable bonds is 5. The van der Waals surface area contributed by atoms with Crippen molar-refractivity contribution in [3.63, 3.8) is 0 Å². The van der Waals surface area contributed by atoms with Crippen molar-refractivity contribution in [3.05, 3.63) is 28.3 Å². The summed E-state index contributed by atoms with van der Waals surface area (Å²) in [6.07, 6.45) is 1.88. The molecule has 1 fully saturated rings. The molecule has 1 unspecified atom stereocenters. The molecule has 0 amide bonds. The van der Waals surface area contributed by atoms with Gasteiger partial charge in [0.1, 0.15) is 5.69 Å². The van der Waals surface area contributed by atoms with Crippen molar-refractivity contribution in [2.45, 2.75) is 38.8 Å². The van der Waals surface area contributed by atoms with E-state index in [1.54, 1.807) is 18.2 Å². The van der Waals surface area contributed by atoms with E-state index in [-0.39, 0.29) is 22.8 Å². The zero-order valence-electron chi connectivity index (χ0n) is 11.9. The molecule has 1 saturated heterocycles. The molecule has 0 spiro atoms. The maximum atomic E-state index is 11.4. The molecule has 0 saturated carbocycles. The first-order valence-electron chi connectivity index (χ1n) is 6.95. The molecule has 1 aromatic carbocycles. The normalized spacial score (nSPS) is 18.6. The average molecular weight is 279 g/mol. The van der Waals surface area contributed by atoms with Crippen LogP contribution in [0.1, 0.15) is 26.7 Å². The summed E-state index contributed by atoms with van der Waals surface area (Å²) >= 11 is 0. The zero-order valence-corrected chi connectivity index (χ0v) is 11.9. The highest BCUT2D eigenvalue weighted by atomic mass is 16.6. The number of benzene rings is 1. The van der Waals surface area contributed by atoms with Gasteiger partial charge in [-0.05, 0) is 38.8 Å². The number of para-hydroxylation sites is 1. The van der Waals surface area contributed by atoms with Crippen LogP contribution in [0.4, 0.5) is 11.4 Å². The van der Waals surface area contributed by atoms with Gasteiger partial charge in [0, 0.05) is 19.1 Å². The lowest BCUT2D eigenvalue weighted by molar-refractivity contribution is -0.385. The van der Waals surface area contributed by atoms with Crippen LogP contribution in [-0.4, -0.2) is 30.2 Å². The number of anilines is 1. The molecule has 20 heavy (non-hydrogen) atoms. The molecule has 1 atom stereocenters. The fourth-order valence-electron chi connectivity index (χ4n) is 2.67. The number of hydrogen-bond acceptors (Lipinski definition) is 5. The van der Waals surface area contributed by atoms with E-state index in [4.69, 9.17) is 10.5 Å². The van der Waals surface area contributed by atoms with Crippen LogP contribution in [-0.2, 0) is 0 Å². The van der Waals surface area contributed by atoms with Gasteiger partial charge in [0.25, 0.3) is 0 Å². The Labute approximate surface area is 118 Å². The molecule has 6 nitrogen and oxygen atoms in total. The number of ether oxygens (including phenoxy) is 1. The zero-order chi connectivity index (χ0) is 14.7. The van der Waals surface area contributed by atoms with Crippen LogP contribution in [0.2, 0.25) is 0 Å². The van der Waals surface area contributed by atoms with E-state index < -0.39 is 0 Å². The Hall–Kier alpha value is -1.82. The third-order valence-corrected chi connectivity index (χ3v) is 3.48. The van der Waals surface area contributed by atoms with E-state index in [2.05, 4.69) is 0 Å². The molecule has 110 valence electrons. The van der Waals surface area contributed by atoms with Crippen molar-refractivity contribution < 1.29 is 9.66 Å². The van der Waals surface area contributed by atoms with Crippen molar-refractivity contribution in [3.8, 4) is 5.75 Å². The first-order chi connectivity index (χ1) is 9.54. The van der Waals surface area contributed by atoms with Gasteiger partial charge in [-0.1, -0.05) is 6.07 Å². The molecule has 0 radical (unpaired) electrons. The minimum atomic E-state index is -0.362. The quantitative estimate of drug-likeness (QED) is 0.660. The molecule has 1 heterocycles. The van der Waals surface area contributed by atoms with Crippen LogP contribution in [0, 0.1) is 10.1 Å². The predicted molar refractivity (Wildman–Crippen MR) is 78.3 cm³/mol. The standard InChI is InChI=1S/C14H21N3O3/c1-10(2)20-13-7-3-6-12(14(13)17(18)19)16-8-4-5-11(16)9-15/h3,6-7,10-11H,4-5,8-9,15H2,1-2H3. The molecular weight excluding hydrogens is 258 g/mol. The monoisotopic (exact) mass is 279 g/mol. The van der Waals surface area contributed by atoms with Crippen molar-refractivity contribution in [2.75, 3.05) is 18.0 Å². The Morgan fingerprint density at radius 1 is 1.55 bits per heavy atom. The molecular formula is C14H21N3O3. The molecule has 2 N–H and O–H groups in total. The number of hydrogen-bond donors (Lipinski definition) is 1. The SMILES string of the molecule is CC(C)Oc1cccc(N2CCCC2CN)c1[N+](=O)[O-]. The summed E-state index contributed by atoms with van der Waals surface area (Å²) < 4.78 is 5.58. The summed E-state index contributed by atoms with van der Waals surface area (Å²) in [6.45, 7) is 5.02. The first kappa shape index (κ1) is 14.6. The van der Waals surface area contributed by atoms with E-state index >= 15 is 0 Å². The molecule has 1 aromatic rings. The fraction of sp³-hybridized carbons (Fsp3) is 0.571. The first-order valence-corrected chi connectivity index (χ1v) is 6.95. The molecule has 6 heteroatoms. The second-order valence-electron chi connectivity index (χ2n) is 5.27. The van der Waals surface area contributed by atoms with Gasteiger partial charge in [0.15, 0.2) is 5.75 Å². The highest BCUT2D eigenvalue weighted by Crippen LogP contribution is 2.40. The molecule has 0 aromatic heterocycles. The van der Waals surface area contributed by atoms with E-state index in [1.807, 2.05) is 18.7 Å². The van der Waals surface area contributed by atoms with E-state index in [1.165, 1.54) is 0 Å². The fourth-order valence-corrected chi connectivity index (χ4v) is 2.67. The summed E-state index contributed by atoms with van der Waals surface area (Å²) in [5.74, 6) is 0.324. The number of nitrogens with zero attached hydrogens (tertiary/aromatic N) is 2. The smallest absolute Gasteiger partial charge is 0.333 e. The largest absolute Gasteiger partial charge is 0.484 e. The van der Waals surface area contributed by atoms with E-state index in [0.717, 1.165) is 19.4 Å². The Balaban J connectivity index is 2.44. The second-order valence-corrected chi connectivity index (χ2v) is 5.27. The van der Waals surface area contributed by atoms with Gasteiger partial charge < -0.3 is 15.4 Å². The van der Waals surface area contributed by atoms with Crippen LogP contribution < -0.4 is 15.4 Å². The minimum absolute atomic E-state index is 0.0431. The topological polar surface area (TPSA) is 81.6 Å². The maximum absolute atomic E-state index is 11.4. The second kappa shape index (κ2) is 6.09. The third kappa shape index (κ3) is 2.85. The van der Waals surface area contributed by atoms with E-state index in [0.29, 0.717) is 18.0 Å². The Morgan fingerprint density at radius 2 is 2.30 bits per heavy atom. The third-order valence-electron chi connectivity index (χ3n) is 3.48. The van der Waals surface area contributed by atoms with Crippen LogP contribution in [0.3, 0.4) is 0 Å². The van der Waals surface area contributed by atoms with Crippen LogP contribution >= 0.6 is 0 Å². The highest BCUT2D eigenvalue weighted by Gasteiger charge is 2.31. The lowest BCUT2D eigenvalue weighted by Crippen LogP contribution is -2.35. The van der Waals surface area contributed by atoms with Crippen LogP contribution in [0.15, 0.2) is 18.2 Å². The summed E-state index contributed by atoms with van der Waals surface area (Å²) in [4.78, 5) is 13.1. The van der Waals surface area contributed by atoms with Crippen molar-refractivity contribution in [1.82, 2.24) is 0 Å². The van der Waals surface area contributed by atoms with Crippen LogP contribution in [0.25, 0.3) is 0 Å². The summed E-state index contributed by atoms with van der Waals surface area (Å²) in [7, 11) is 0. The molecule has 2 rings (SSSR count). The molecule has 0 bridgehead atoms. The summed E-state index contributed by atoms with van der Waals surface area (Å²) in [6, 6.07) is 5.39. The highest BCUT2D eigenvalue weighted by molar-refractivity contribution is 5.70. The molecule has 1 aliphatic rings. The summed E-state index contributed by atoms with van der Waals surface area (Å²) in [5, 5.41) is 11.4.